The fourth-order valence-corrected chi connectivity index (χ4v) is 2.72. The van der Waals surface area contributed by atoms with Crippen molar-refractivity contribution in [1.82, 2.24) is 5.32 Å². The van der Waals surface area contributed by atoms with Crippen LogP contribution in [0.25, 0.3) is 0 Å². The predicted octanol–water partition coefficient (Wildman–Crippen LogP) is 3.84. The summed E-state index contributed by atoms with van der Waals surface area (Å²) in [7, 11) is 3.76. The minimum atomic E-state index is 0.388. The average molecular weight is 241 g/mol. The Morgan fingerprint density at radius 3 is 2.62 bits per heavy atom. The standard InChI is InChI=1S/C13H23NOS/c1-13(2,3)8-6-10(14-4)12-11(15-5)7-9-16-12/h7,9-10,14H,6,8H2,1-5H3. The van der Waals surface area contributed by atoms with Gasteiger partial charge in [0.2, 0.25) is 0 Å². The largest absolute Gasteiger partial charge is 0.496 e. The van der Waals surface area contributed by atoms with E-state index in [1.807, 2.05) is 13.1 Å². The molecule has 3 heteroatoms. The van der Waals surface area contributed by atoms with Gasteiger partial charge >= 0.3 is 0 Å². The van der Waals surface area contributed by atoms with E-state index in [1.165, 1.54) is 11.3 Å². The van der Waals surface area contributed by atoms with Crippen molar-refractivity contribution in [1.29, 1.82) is 0 Å². The summed E-state index contributed by atoms with van der Waals surface area (Å²) in [6.45, 7) is 6.85. The van der Waals surface area contributed by atoms with Crippen molar-refractivity contribution in [2.24, 2.45) is 5.41 Å². The summed E-state index contributed by atoms with van der Waals surface area (Å²) in [5.41, 5.74) is 0.388. The Morgan fingerprint density at radius 2 is 2.12 bits per heavy atom. The Balaban J connectivity index is 2.67. The minimum Gasteiger partial charge on any atom is -0.496 e. The number of thiophene rings is 1. The molecule has 0 aliphatic carbocycles. The lowest BCUT2D eigenvalue weighted by Crippen LogP contribution is -2.18. The molecule has 1 rings (SSSR count). The first-order chi connectivity index (χ1) is 7.48. The van der Waals surface area contributed by atoms with Gasteiger partial charge in [0, 0.05) is 6.04 Å². The fraction of sp³-hybridized carbons (Fsp3) is 0.692. The summed E-state index contributed by atoms with van der Waals surface area (Å²) in [6, 6.07) is 2.45. The quantitative estimate of drug-likeness (QED) is 0.845. The smallest absolute Gasteiger partial charge is 0.134 e. The molecule has 92 valence electrons. The molecule has 0 aliphatic rings. The first-order valence-corrected chi connectivity index (χ1v) is 6.64. The highest BCUT2D eigenvalue weighted by atomic mass is 32.1. The van der Waals surface area contributed by atoms with Gasteiger partial charge in [0.15, 0.2) is 0 Å². The van der Waals surface area contributed by atoms with Gasteiger partial charge in [-0.25, -0.2) is 0 Å². The molecule has 1 unspecified atom stereocenters. The Bertz CT molecular complexity index is 314. The molecule has 0 bridgehead atoms. The zero-order valence-corrected chi connectivity index (χ0v) is 11.8. The number of hydrogen-bond acceptors (Lipinski definition) is 3. The number of rotatable bonds is 5. The van der Waals surface area contributed by atoms with Gasteiger partial charge in [0.1, 0.15) is 5.75 Å². The minimum absolute atomic E-state index is 0.388. The van der Waals surface area contributed by atoms with E-state index < -0.39 is 0 Å². The van der Waals surface area contributed by atoms with Gasteiger partial charge in [0.25, 0.3) is 0 Å². The topological polar surface area (TPSA) is 21.3 Å². The number of nitrogens with one attached hydrogen (secondary N) is 1. The van der Waals surface area contributed by atoms with Crippen LogP contribution in [0.1, 0.15) is 44.5 Å². The van der Waals surface area contributed by atoms with Gasteiger partial charge < -0.3 is 10.1 Å². The molecule has 0 amide bonds. The highest BCUT2D eigenvalue weighted by Crippen LogP contribution is 2.35. The van der Waals surface area contributed by atoms with Crippen LogP contribution in [0.5, 0.6) is 5.75 Å². The van der Waals surface area contributed by atoms with E-state index in [0.29, 0.717) is 11.5 Å². The van der Waals surface area contributed by atoms with Crippen molar-refractivity contribution in [3.8, 4) is 5.75 Å². The van der Waals surface area contributed by atoms with Crippen molar-refractivity contribution in [3.63, 3.8) is 0 Å². The van der Waals surface area contributed by atoms with E-state index in [1.54, 1.807) is 18.4 Å². The zero-order chi connectivity index (χ0) is 12.2. The molecule has 1 aromatic rings. The second kappa shape index (κ2) is 5.69. The van der Waals surface area contributed by atoms with Crippen molar-refractivity contribution < 1.29 is 4.74 Å². The SMILES string of the molecule is CNC(CCC(C)(C)C)c1sccc1OC. The van der Waals surface area contributed by atoms with Gasteiger partial charge in [-0.3, -0.25) is 0 Å². The third-order valence-corrected chi connectivity index (χ3v) is 3.74. The Morgan fingerprint density at radius 1 is 1.44 bits per heavy atom. The molecule has 1 aromatic heterocycles. The summed E-state index contributed by atoms with van der Waals surface area (Å²) in [4.78, 5) is 1.31. The molecule has 0 saturated carbocycles. The predicted molar refractivity (Wildman–Crippen MR) is 71.4 cm³/mol. The monoisotopic (exact) mass is 241 g/mol. The van der Waals surface area contributed by atoms with Gasteiger partial charge in [-0.1, -0.05) is 20.8 Å². The van der Waals surface area contributed by atoms with E-state index in [-0.39, 0.29) is 0 Å². The van der Waals surface area contributed by atoms with Gasteiger partial charge in [-0.2, -0.15) is 0 Å². The highest BCUT2D eigenvalue weighted by Gasteiger charge is 2.19. The van der Waals surface area contributed by atoms with E-state index in [4.69, 9.17) is 4.74 Å². The Kier molecular flexibility index (Phi) is 4.81. The number of ether oxygens (including phenoxy) is 1. The molecule has 0 radical (unpaired) electrons. The van der Waals surface area contributed by atoms with Crippen LogP contribution in [0.4, 0.5) is 0 Å². The second-order valence-electron chi connectivity index (χ2n) is 5.29. The lowest BCUT2D eigenvalue weighted by Gasteiger charge is -2.22. The van der Waals surface area contributed by atoms with Crippen LogP contribution in [-0.4, -0.2) is 14.2 Å². The summed E-state index contributed by atoms with van der Waals surface area (Å²) in [6.07, 6.45) is 2.36. The van der Waals surface area contributed by atoms with Crippen LogP contribution in [0.2, 0.25) is 0 Å². The summed E-state index contributed by atoms with van der Waals surface area (Å²) in [5.74, 6) is 1.01. The molecule has 16 heavy (non-hydrogen) atoms. The average Bonchev–Trinajstić information content (AvgIpc) is 2.65. The molecular weight excluding hydrogens is 218 g/mol. The van der Waals surface area contributed by atoms with Crippen molar-refractivity contribution in [2.45, 2.75) is 39.7 Å². The Labute approximate surface area is 103 Å². The lowest BCUT2D eigenvalue weighted by atomic mass is 9.88. The van der Waals surface area contributed by atoms with E-state index >= 15 is 0 Å². The van der Waals surface area contributed by atoms with Crippen LogP contribution in [0, 0.1) is 5.41 Å². The molecule has 0 fully saturated rings. The molecule has 1 atom stereocenters. The first kappa shape index (κ1) is 13.5. The van der Waals surface area contributed by atoms with Crippen LogP contribution < -0.4 is 10.1 Å². The molecule has 1 N–H and O–H groups in total. The lowest BCUT2D eigenvalue weighted by molar-refractivity contribution is 0.334. The molecular formula is C13H23NOS. The molecule has 2 nitrogen and oxygen atoms in total. The molecule has 0 spiro atoms. The molecule has 0 aliphatic heterocycles. The van der Waals surface area contributed by atoms with E-state index in [0.717, 1.165) is 12.2 Å². The number of methoxy groups -OCH3 is 1. The maximum absolute atomic E-state index is 5.37. The van der Waals surface area contributed by atoms with Crippen molar-refractivity contribution >= 4 is 11.3 Å². The number of hydrogen-bond donors (Lipinski definition) is 1. The van der Waals surface area contributed by atoms with Gasteiger partial charge in [-0.05, 0) is 36.8 Å². The van der Waals surface area contributed by atoms with Crippen LogP contribution >= 0.6 is 11.3 Å². The van der Waals surface area contributed by atoms with E-state index in [2.05, 4.69) is 31.5 Å². The molecule has 0 saturated heterocycles. The second-order valence-corrected chi connectivity index (χ2v) is 6.24. The van der Waals surface area contributed by atoms with Crippen LogP contribution in [-0.2, 0) is 0 Å². The van der Waals surface area contributed by atoms with Crippen LogP contribution in [0.3, 0.4) is 0 Å². The highest BCUT2D eigenvalue weighted by molar-refractivity contribution is 7.10. The summed E-state index contributed by atoms with van der Waals surface area (Å²) < 4.78 is 5.37. The zero-order valence-electron chi connectivity index (χ0n) is 11.0. The first-order valence-electron chi connectivity index (χ1n) is 5.76. The van der Waals surface area contributed by atoms with Gasteiger partial charge in [-0.15, -0.1) is 11.3 Å². The normalized spacial score (nSPS) is 13.8. The maximum atomic E-state index is 5.37. The summed E-state index contributed by atoms with van der Waals surface area (Å²) >= 11 is 1.77. The van der Waals surface area contributed by atoms with Crippen LogP contribution in [0.15, 0.2) is 11.4 Å². The Hall–Kier alpha value is -0.540. The van der Waals surface area contributed by atoms with Crippen molar-refractivity contribution in [3.05, 3.63) is 16.3 Å². The van der Waals surface area contributed by atoms with E-state index in [9.17, 15) is 0 Å². The molecule has 0 aromatic carbocycles. The fourth-order valence-electron chi connectivity index (χ4n) is 1.72. The summed E-state index contributed by atoms with van der Waals surface area (Å²) in [5, 5.41) is 5.48. The van der Waals surface area contributed by atoms with Crippen molar-refractivity contribution in [2.75, 3.05) is 14.2 Å². The molecule has 1 heterocycles. The third-order valence-electron chi connectivity index (χ3n) is 2.73. The van der Waals surface area contributed by atoms with Gasteiger partial charge in [0.05, 0.1) is 12.0 Å². The third kappa shape index (κ3) is 3.80. The maximum Gasteiger partial charge on any atom is 0.134 e.